The number of nitrogens with zero attached hydrogens (tertiary/aromatic N) is 5. The molecule has 0 N–H and O–H groups in total. The van der Waals surface area contributed by atoms with E-state index in [1.54, 1.807) is 0 Å². The van der Waals surface area contributed by atoms with Crippen molar-refractivity contribution in [3.63, 3.8) is 0 Å². The van der Waals surface area contributed by atoms with Crippen LogP contribution in [0.2, 0.25) is 0 Å². The zero-order chi connectivity index (χ0) is 18.5. The van der Waals surface area contributed by atoms with Crippen LogP contribution < -0.4 is 9.80 Å². The minimum Gasteiger partial charge on any atom is -0.378 e. The van der Waals surface area contributed by atoms with Gasteiger partial charge in [-0.2, -0.15) is 4.98 Å². The summed E-state index contributed by atoms with van der Waals surface area (Å²) >= 11 is 3.50. The van der Waals surface area contributed by atoms with Crippen LogP contribution >= 0.6 is 15.9 Å². The van der Waals surface area contributed by atoms with E-state index in [2.05, 4.69) is 59.9 Å². The van der Waals surface area contributed by atoms with E-state index in [0.717, 1.165) is 81.7 Å². The maximum atomic E-state index is 5.42. The molecule has 0 saturated carbocycles. The number of hydrogen-bond acceptors (Lipinski definition) is 6. The van der Waals surface area contributed by atoms with E-state index < -0.39 is 0 Å². The van der Waals surface area contributed by atoms with Crippen molar-refractivity contribution in [3.8, 4) is 0 Å². The van der Waals surface area contributed by atoms with Gasteiger partial charge in [0.15, 0.2) is 0 Å². The maximum Gasteiger partial charge on any atom is 0.227 e. The number of piperazine rings is 1. The van der Waals surface area contributed by atoms with Crippen LogP contribution in [0.15, 0.2) is 41.0 Å². The monoisotopic (exact) mass is 431 g/mol. The standard InChI is InChI=1S/C20H26BrN5O/c21-18-3-1-17(2-4-18)6-8-24-9-11-25(12-10-24)19-5-7-22-20(23-19)26-13-15-27-16-14-26/h1-5,7H,6,8-16H2. The van der Waals surface area contributed by atoms with E-state index in [1.165, 1.54) is 5.56 Å². The molecule has 2 aromatic rings. The second kappa shape index (κ2) is 8.99. The molecule has 3 heterocycles. The van der Waals surface area contributed by atoms with Gasteiger partial charge in [0.1, 0.15) is 5.82 Å². The molecule has 7 heteroatoms. The van der Waals surface area contributed by atoms with Crippen LogP contribution in [0, 0.1) is 0 Å². The number of morpholine rings is 1. The third kappa shape index (κ3) is 4.97. The van der Waals surface area contributed by atoms with Crippen LogP contribution in [-0.4, -0.2) is 73.9 Å². The molecule has 0 amide bonds. The Morgan fingerprint density at radius 2 is 1.63 bits per heavy atom. The Bertz CT molecular complexity index is 727. The molecule has 27 heavy (non-hydrogen) atoms. The van der Waals surface area contributed by atoms with Gasteiger partial charge in [0.2, 0.25) is 5.95 Å². The molecule has 4 rings (SSSR count). The van der Waals surface area contributed by atoms with Crippen LogP contribution in [0.4, 0.5) is 11.8 Å². The summed E-state index contributed by atoms with van der Waals surface area (Å²) in [6.45, 7) is 8.54. The zero-order valence-corrected chi connectivity index (χ0v) is 17.1. The van der Waals surface area contributed by atoms with Crippen LogP contribution in [0.3, 0.4) is 0 Å². The summed E-state index contributed by atoms with van der Waals surface area (Å²) in [7, 11) is 0. The average molecular weight is 432 g/mol. The zero-order valence-electron chi connectivity index (χ0n) is 15.6. The number of benzene rings is 1. The number of hydrogen-bond donors (Lipinski definition) is 0. The van der Waals surface area contributed by atoms with Crippen molar-refractivity contribution in [2.75, 3.05) is 68.8 Å². The second-order valence-electron chi connectivity index (χ2n) is 7.02. The van der Waals surface area contributed by atoms with E-state index in [-0.39, 0.29) is 0 Å². The van der Waals surface area contributed by atoms with Gasteiger partial charge in [0, 0.05) is 56.5 Å². The molecule has 1 aromatic heterocycles. The summed E-state index contributed by atoms with van der Waals surface area (Å²) in [5.41, 5.74) is 1.39. The number of ether oxygens (including phenoxy) is 1. The third-order valence-corrected chi connectivity index (χ3v) is 5.78. The van der Waals surface area contributed by atoms with Crippen molar-refractivity contribution in [2.24, 2.45) is 0 Å². The molecular weight excluding hydrogens is 406 g/mol. The second-order valence-corrected chi connectivity index (χ2v) is 7.94. The normalized spacial score (nSPS) is 18.7. The van der Waals surface area contributed by atoms with Crippen molar-refractivity contribution in [3.05, 3.63) is 46.6 Å². The molecule has 144 valence electrons. The van der Waals surface area contributed by atoms with E-state index in [0.29, 0.717) is 0 Å². The Hall–Kier alpha value is -1.70. The fraction of sp³-hybridized carbons (Fsp3) is 0.500. The van der Waals surface area contributed by atoms with Crippen molar-refractivity contribution in [2.45, 2.75) is 6.42 Å². The van der Waals surface area contributed by atoms with Crippen molar-refractivity contribution in [1.29, 1.82) is 0 Å². The number of aromatic nitrogens is 2. The molecule has 6 nitrogen and oxygen atoms in total. The highest BCUT2D eigenvalue weighted by Gasteiger charge is 2.20. The number of halogens is 1. The fourth-order valence-electron chi connectivity index (χ4n) is 3.57. The first-order valence-electron chi connectivity index (χ1n) is 9.65. The van der Waals surface area contributed by atoms with Crippen molar-refractivity contribution in [1.82, 2.24) is 14.9 Å². The van der Waals surface area contributed by atoms with Gasteiger partial charge >= 0.3 is 0 Å². The molecule has 0 aliphatic carbocycles. The Morgan fingerprint density at radius 3 is 2.37 bits per heavy atom. The quantitative estimate of drug-likeness (QED) is 0.724. The van der Waals surface area contributed by atoms with E-state index in [1.807, 2.05) is 12.3 Å². The molecule has 0 spiro atoms. The highest BCUT2D eigenvalue weighted by molar-refractivity contribution is 9.10. The molecule has 2 saturated heterocycles. The van der Waals surface area contributed by atoms with Gasteiger partial charge in [-0.25, -0.2) is 4.98 Å². The summed E-state index contributed by atoms with van der Waals surface area (Å²) in [4.78, 5) is 16.4. The maximum absolute atomic E-state index is 5.42. The topological polar surface area (TPSA) is 44.7 Å². The number of anilines is 2. The molecule has 0 unspecified atom stereocenters. The van der Waals surface area contributed by atoms with Crippen molar-refractivity contribution < 1.29 is 4.74 Å². The molecule has 2 aliphatic rings. The average Bonchev–Trinajstić information content (AvgIpc) is 2.74. The van der Waals surface area contributed by atoms with Gasteiger partial charge in [0.05, 0.1) is 13.2 Å². The van der Waals surface area contributed by atoms with Gasteiger partial charge < -0.3 is 14.5 Å². The lowest BCUT2D eigenvalue weighted by molar-refractivity contribution is 0.122. The van der Waals surface area contributed by atoms with Crippen LogP contribution in [0.25, 0.3) is 0 Å². The van der Waals surface area contributed by atoms with E-state index in [9.17, 15) is 0 Å². The Balaban J connectivity index is 1.29. The summed E-state index contributed by atoms with van der Waals surface area (Å²) in [5.74, 6) is 1.87. The highest BCUT2D eigenvalue weighted by atomic mass is 79.9. The predicted molar refractivity (Wildman–Crippen MR) is 112 cm³/mol. The summed E-state index contributed by atoms with van der Waals surface area (Å²) in [5, 5.41) is 0. The minimum atomic E-state index is 0.755. The lowest BCUT2D eigenvalue weighted by Gasteiger charge is -2.36. The lowest BCUT2D eigenvalue weighted by atomic mass is 10.1. The number of rotatable bonds is 5. The largest absolute Gasteiger partial charge is 0.378 e. The Labute approximate surface area is 169 Å². The predicted octanol–water partition coefficient (Wildman–Crippen LogP) is 2.44. The van der Waals surface area contributed by atoms with Crippen LogP contribution in [-0.2, 0) is 11.2 Å². The fourth-order valence-corrected chi connectivity index (χ4v) is 3.83. The molecule has 2 fully saturated rings. The van der Waals surface area contributed by atoms with Gasteiger partial charge in [-0.3, -0.25) is 4.90 Å². The summed E-state index contributed by atoms with van der Waals surface area (Å²) in [6.07, 6.45) is 2.98. The SMILES string of the molecule is Brc1ccc(CCN2CCN(c3ccnc(N4CCOCC4)n3)CC2)cc1. The van der Waals surface area contributed by atoms with E-state index in [4.69, 9.17) is 9.72 Å². The smallest absolute Gasteiger partial charge is 0.227 e. The van der Waals surface area contributed by atoms with Crippen molar-refractivity contribution >= 4 is 27.7 Å². The first-order valence-corrected chi connectivity index (χ1v) is 10.4. The van der Waals surface area contributed by atoms with Gasteiger partial charge in [-0.15, -0.1) is 0 Å². The van der Waals surface area contributed by atoms with Crippen LogP contribution in [0.5, 0.6) is 0 Å². The van der Waals surface area contributed by atoms with Gasteiger partial charge in [0.25, 0.3) is 0 Å². The molecule has 0 radical (unpaired) electrons. The molecule has 0 bridgehead atoms. The van der Waals surface area contributed by atoms with E-state index >= 15 is 0 Å². The molecular formula is C20H26BrN5O. The Morgan fingerprint density at radius 1 is 0.889 bits per heavy atom. The first kappa shape index (κ1) is 18.7. The van der Waals surface area contributed by atoms with Gasteiger partial charge in [-0.05, 0) is 30.2 Å². The highest BCUT2D eigenvalue weighted by Crippen LogP contribution is 2.18. The van der Waals surface area contributed by atoms with Gasteiger partial charge in [-0.1, -0.05) is 28.1 Å². The van der Waals surface area contributed by atoms with Crippen LogP contribution in [0.1, 0.15) is 5.56 Å². The summed E-state index contributed by atoms with van der Waals surface area (Å²) < 4.78 is 6.56. The first-order chi connectivity index (χ1) is 13.3. The molecule has 1 aromatic carbocycles. The molecule has 2 aliphatic heterocycles. The lowest BCUT2D eigenvalue weighted by Crippen LogP contribution is -2.47. The summed E-state index contributed by atoms with van der Waals surface area (Å²) in [6, 6.07) is 10.7. The molecule has 0 atom stereocenters. The third-order valence-electron chi connectivity index (χ3n) is 5.25. The Kier molecular flexibility index (Phi) is 6.21. The minimum absolute atomic E-state index is 0.755.